The van der Waals surface area contributed by atoms with E-state index in [-0.39, 0.29) is 30.7 Å². The fraction of sp³-hybridized carbons (Fsp3) is 0.385. The Morgan fingerprint density at radius 1 is 1.28 bits per heavy atom. The number of rotatable bonds is 5. The molecule has 0 spiro atoms. The number of phenolic OH excluding ortho intramolecular Hbond substituents is 1. The van der Waals surface area contributed by atoms with Crippen LogP contribution in [0, 0.1) is 0 Å². The van der Waals surface area contributed by atoms with E-state index in [0.29, 0.717) is 5.56 Å². The molecule has 0 aliphatic heterocycles. The summed E-state index contributed by atoms with van der Waals surface area (Å²) in [7, 11) is 0. The summed E-state index contributed by atoms with van der Waals surface area (Å²) in [5.74, 6) is -1.19. The van der Waals surface area contributed by atoms with Gasteiger partial charge in [-0.25, -0.2) is 0 Å². The van der Waals surface area contributed by atoms with Crippen LogP contribution in [0.3, 0.4) is 0 Å². The van der Waals surface area contributed by atoms with Gasteiger partial charge in [0.15, 0.2) is 0 Å². The number of para-hydroxylation sites is 1. The van der Waals surface area contributed by atoms with Gasteiger partial charge >= 0.3 is 5.97 Å². The van der Waals surface area contributed by atoms with Crippen molar-refractivity contribution in [3.63, 3.8) is 0 Å². The van der Waals surface area contributed by atoms with Gasteiger partial charge < -0.3 is 15.1 Å². The maximum Gasteiger partial charge on any atom is 0.323 e. The zero-order valence-corrected chi connectivity index (χ0v) is 9.87. The van der Waals surface area contributed by atoms with E-state index in [4.69, 9.17) is 5.11 Å². The second-order valence-corrected chi connectivity index (χ2v) is 4.45. The number of carboxylic acids is 1. The van der Waals surface area contributed by atoms with Gasteiger partial charge in [-0.05, 0) is 18.9 Å². The average molecular weight is 249 g/mol. The number of phenols is 1. The molecule has 18 heavy (non-hydrogen) atoms. The van der Waals surface area contributed by atoms with Crippen LogP contribution in [0.15, 0.2) is 24.3 Å². The van der Waals surface area contributed by atoms with Gasteiger partial charge in [0.05, 0.1) is 6.42 Å². The first-order chi connectivity index (χ1) is 8.58. The predicted octanol–water partition coefficient (Wildman–Crippen LogP) is 1.01. The van der Waals surface area contributed by atoms with Crippen LogP contribution in [0.2, 0.25) is 0 Å². The van der Waals surface area contributed by atoms with Crippen molar-refractivity contribution in [2.45, 2.75) is 25.3 Å². The number of hydrogen-bond donors (Lipinski definition) is 2. The SMILES string of the molecule is O=C(O)CN(C(=O)Cc1ccccc1O)C1CC1. The largest absolute Gasteiger partial charge is 0.508 e. The van der Waals surface area contributed by atoms with E-state index in [2.05, 4.69) is 0 Å². The minimum atomic E-state index is -1.01. The van der Waals surface area contributed by atoms with Crippen LogP contribution in [0.1, 0.15) is 18.4 Å². The van der Waals surface area contributed by atoms with Crippen LogP contribution in [-0.4, -0.2) is 39.6 Å². The van der Waals surface area contributed by atoms with Crippen molar-refractivity contribution >= 4 is 11.9 Å². The molecule has 2 rings (SSSR count). The van der Waals surface area contributed by atoms with Crippen molar-refractivity contribution in [3.8, 4) is 5.75 Å². The minimum absolute atomic E-state index is 0.0381. The lowest BCUT2D eigenvalue weighted by Gasteiger charge is -2.20. The van der Waals surface area contributed by atoms with Crippen LogP contribution in [0.4, 0.5) is 0 Å². The Balaban J connectivity index is 2.05. The normalized spacial score (nSPS) is 14.2. The van der Waals surface area contributed by atoms with Crippen molar-refractivity contribution < 1.29 is 19.8 Å². The topological polar surface area (TPSA) is 77.8 Å². The Kier molecular flexibility index (Phi) is 3.50. The number of amides is 1. The molecule has 0 heterocycles. The molecular weight excluding hydrogens is 234 g/mol. The Morgan fingerprint density at radius 3 is 2.50 bits per heavy atom. The highest BCUT2D eigenvalue weighted by Gasteiger charge is 2.33. The number of aliphatic carboxylic acids is 1. The highest BCUT2D eigenvalue weighted by molar-refractivity contribution is 5.84. The third-order valence-corrected chi connectivity index (χ3v) is 2.95. The van der Waals surface area contributed by atoms with Crippen LogP contribution < -0.4 is 0 Å². The van der Waals surface area contributed by atoms with Gasteiger partial charge in [-0.3, -0.25) is 9.59 Å². The number of carbonyl (C=O) groups excluding carboxylic acids is 1. The highest BCUT2D eigenvalue weighted by Crippen LogP contribution is 2.28. The first-order valence-electron chi connectivity index (χ1n) is 5.86. The number of aromatic hydroxyl groups is 1. The molecular formula is C13H15NO4. The number of carbonyl (C=O) groups is 2. The molecule has 1 aliphatic carbocycles. The Morgan fingerprint density at radius 2 is 1.94 bits per heavy atom. The molecule has 1 saturated carbocycles. The Bertz CT molecular complexity index is 468. The summed E-state index contributed by atoms with van der Waals surface area (Å²) in [6, 6.07) is 6.65. The summed E-state index contributed by atoms with van der Waals surface area (Å²) in [5.41, 5.74) is 0.526. The third-order valence-electron chi connectivity index (χ3n) is 2.95. The smallest absolute Gasteiger partial charge is 0.323 e. The zero-order chi connectivity index (χ0) is 13.1. The van der Waals surface area contributed by atoms with Crippen LogP contribution in [0.5, 0.6) is 5.75 Å². The average Bonchev–Trinajstić information content (AvgIpc) is 3.12. The summed E-state index contributed by atoms with van der Waals surface area (Å²) in [4.78, 5) is 24.1. The quantitative estimate of drug-likeness (QED) is 0.816. The highest BCUT2D eigenvalue weighted by atomic mass is 16.4. The molecule has 1 fully saturated rings. The van der Waals surface area contributed by atoms with Gasteiger partial charge in [0.2, 0.25) is 5.91 Å². The number of carboxylic acid groups (broad SMARTS) is 1. The molecule has 0 radical (unpaired) electrons. The van der Waals surface area contributed by atoms with E-state index in [1.54, 1.807) is 18.2 Å². The van der Waals surface area contributed by atoms with E-state index >= 15 is 0 Å². The van der Waals surface area contributed by atoms with Gasteiger partial charge in [0.1, 0.15) is 12.3 Å². The molecule has 1 aliphatic rings. The third kappa shape index (κ3) is 3.00. The van der Waals surface area contributed by atoms with E-state index < -0.39 is 5.97 Å². The van der Waals surface area contributed by atoms with Gasteiger partial charge in [-0.15, -0.1) is 0 Å². The van der Waals surface area contributed by atoms with Crippen molar-refractivity contribution in [2.75, 3.05) is 6.54 Å². The van der Waals surface area contributed by atoms with Crippen molar-refractivity contribution in [3.05, 3.63) is 29.8 Å². The molecule has 1 aromatic rings. The van der Waals surface area contributed by atoms with Crippen molar-refractivity contribution in [1.82, 2.24) is 4.90 Å². The maximum absolute atomic E-state index is 12.0. The molecule has 0 saturated heterocycles. The Hall–Kier alpha value is -2.04. The van der Waals surface area contributed by atoms with Crippen LogP contribution in [-0.2, 0) is 16.0 Å². The zero-order valence-electron chi connectivity index (χ0n) is 9.87. The van der Waals surface area contributed by atoms with E-state index in [1.165, 1.54) is 11.0 Å². The Labute approximate surface area is 105 Å². The second-order valence-electron chi connectivity index (χ2n) is 4.45. The number of benzene rings is 1. The summed E-state index contributed by atoms with van der Waals surface area (Å²) in [6.07, 6.45) is 1.76. The second kappa shape index (κ2) is 5.08. The lowest BCUT2D eigenvalue weighted by atomic mass is 10.1. The van der Waals surface area contributed by atoms with Gasteiger partial charge in [-0.1, -0.05) is 18.2 Å². The molecule has 5 nitrogen and oxygen atoms in total. The van der Waals surface area contributed by atoms with E-state index in [0.717, 1.165) is 12.8 Å². The summed E-state index contributed by atoms with van der Waals surface area (Å²) >= 11 is 0. The fourth-order valence-corrected chi connectivity index (χ4v) is 1.88. The molecule has 0 atom stereocenters. The molecule has 5 heteroatoms. The molecule has 0 aromatic heterocycles. The van der Waals surface area contributed by atoms with Gasteiger partial charge in [-0.2, -0.15) is 0 Å². The lowest BCUT2D eigenvalue weighted by Crippen LogP contribution is -2.38. The molecule has 1 aromatic carbocycles. The van der Waals surface area contributed by atoms with Crippen molar-refractivity contribution in [1.29, 1.82) is 0 Å². The summed E-state index contributed by atoms with van der Waals surface area (Å²) < 4.78 is 0. The van der Waals surface area contributed by atoms with E-state index in [1.807, 2.05) is 0 Å². The van der Waals surface area contributed by atoms with Crippen LogP contribution in [0.25, 0.3) is 0 Å². The lowest BCUT2D eigenvalue weighted by molar-refractivity contribution is -0.144. The maximum atomic E-state index is 12.0. The summed E-state index contributed by atoms with van der Waals surface area (Å²) in [6.45, 7) is -0.267. The first kappa shape index (κ1) is 12.4. The number of nitrogens with zero attached hydrogens (tertiary/aromatic N) is 1. The number of hydrogen-bond acceptors (Lipinski definition) is 3. The van der Waals surface area contributed by atoms with Gasteiger partial charge in [0.25, 0.3) is 0 Å². The standard InChI is InChI=1S/C13H15NO4/c15-11-4-2-1-3-9(11)7-12(16)14(8-13(17)18)10-5-6-10/h1-4,10,15H,5-8H2,(H,17,18). The van der Waals surface area contributed by atoms with E-state index in [9.17, 15) is 14.7 Å². The molecule has 0 bridgehead atoms. The van der Waals surface area contributed by atoms with Crippen molar-refractivity contribution in [2.24, 2.45) is 0 Å². The molecule has 96 valence electrons. The summed E-state index contributed by atoms with van der Waals surface area (Å²) in [5, 5.41) is 18.4. The molecule has 0 unspecified atom stereocenters. The van der Waals surface area contributed by atoms with Crippen LogP contribution >= 0.6 is 0 Å². The first-order valence-corrected chi connectivity index (χ1v) is 5.86. The molecule has 2 N–H and O–H groups in total. The molecule has 1 amide bonds. The predicted molar refractivity (Wildman–Crippen MR) is 64.2 cm³/mol. The van der Waals surface area contributed by atoms with Gasteiger partial charge in [0, 0.05) is 11.6 Å². The fourth-order valence-electron chi connectivity index (χ4n) is 1.88. The monoisotopic (exact) mass is 249 g/mol. The minimum Gasteiger partial charge on any atom is -0.508 e.